The minimum atomic E-state index is 1.01. The average molecular weight is 264 g/mol. The topological polar surface area (TPSA) is 16.1 Å². The lowest BCUT2D eigenvalue weighted by atomic mass is 9.87. The normalized spacial score (nSPS) is 22.1. The van der Waals surface area contributed by atoms with E-state index in [1.807, 2.05) is 11.3 Å². The van der Waals surface area contributed by atoms with Crippen LogP contribution in [0.2, 0.25) is 0 Å². The molecule has 0 atom stereocenters. The Kier molecular flexibility index (Phi) is 4.00. The van der Waals surface area contributed by atoms with E-state index in [2.05, 4.69) is 16.8 Å². The number of rotatable bonds is 3. The maximum Gasteiger partial charge on any atom is 0.0900 e. The first kappa shape index (κ1) is 12.6. The Balaban J connectivity index is 1.50. The number of fused-ring (bicyclic) bond motifs is 1. The maximum absolute atomic E-state index is 4.67. The van der Waals surface area contributed by atoms with Gasteiger partial charge >= 0.3 is 0 Å². The van der Waals surface area contributed by atoms with E-state index < -0.39 is 0 Å². The SMILES string of the molecule is Cc1nc2c(s1)CCN(CCC1CCCCC1)C2. The molecule has 100 valence electrons. The van der Waals surface area contributed by atoms with Gasteiger partial charge in [0.05, 0.1) is 10.7 Å². The second-order valence-corrected chi connectivity index (χ2v) is 7.21. The summed E-state index contributed by atoms with van der Waals surface area (Å²) in [4.78, 5) is 8.84. The van der Waals surface area contributed by atoms with Gasteiger partial charge in [0.25, 0.3) is 0 Å². The molecule has 0 N–H and O–H groups in total. The van der Waals surface area contributed by atoms with Crippen LogP contribution in [-0.4, -0.2) is 23.0 Å². The van der Waals surface area contributed by atoms with Crippen molar-refractivity contribution in [3.8, 4) is 0 Å². The van der Waals surface area contributed by atoms with E-state index in [4.69, 9.17) is 0 Å². The first-order valence-electron chi connectivity index (χ1n) is 7.49. The molecule has 0 bridgehead atoms. The largest absolute Gasteiger partial charge is 0.297 e. The summed E-state index contributed by atoms with van der Waals surface area (Å²) in [5, 5.41) is 1.24. The summed E-state index contributed by atoms with van der Waals surface area (Å²) >= 11 is 1.90. The van der Waals surface area contributed by atoms with Gasteiger partial charge in [0.1, 0.15) is 0 Å². The first-order valence-corrected chi connectivity index (χ1v) is 8.30. The molecule has 1 aromatic rings. The van der Waals surface area contributed by atoms with Crippen LogP contribution in [0.1, 0.15) is 54.1 Å². The molecule has 0 spiro atoms. The fourth-order valence-corrected chi connectivity index (χ4v) is 4.35. The van der Waals surface area contributed by atoms with Gasteiger partial charge in [0, 0.05) is 18.0 Å². The zero-order valence-electron chi connectivity index (χ0n) is 11.5. The Morgan fingerprint density at radius 3 is 2.94 bits per heavy atom. The van der Waals surface area contributed by atoms with Crippen LogP contribution in [0.5, 0.6) is 0 Å². The van der Waals surface area contributed by atoms with Crippen molar-refractivity contribution in [1.82, 2.24) is 9.88 Å². The fraction of sp³-hybridized carbons (Fsp3) is 0.800. The summed E-state index contributed by atoms with van der Waals surface area (Å²) in [5.41, 5.74) is 1.37. The van der Waals surface area contributed by atoms with Gasteiger partial charge in [-0.2, -0.15) is 0 Å². The zero-order valence-corrected chi connectivity index (χ0v) is 12.3. The standard InChI is InChI=1S/C15H24N2S/c1-12-16-14-11-17(10-8-15(14)18-12)9-7-13-5-3-2-4-6-13/h13H,2-11H2,1H3. The van der Waals surface area contributed by atoms with Crippen LogP contribution in [0, 0.1) is 12.8 Å². The van der Waals surface area contributed by atoms with E-state index in [1.165, 1.54) is 68.7 Å². The molecule has 1 saturated carbocycles. The third-order valence-electron chi connectivity index (χ3n) is 4.49. The van der Waals surface area contributed by atoms with Gasteiger partial charge in [-0.15, -0.1) is 11.3 Å². The molecule has 1 fully saturated rings. The Bertz CT molecular complexity index is 393. The Morgan fingerprint density at radius 2 is 2.11 bits per heavy atom. The molecule has 1 aromatic heterocycles. The summed E-state index contributed by atoms with van der Waals surface area (Å²) < 4.78 is 0. The summed E-state index contributed by atoms with van der Waals surface area (Å²) in [6, 6.07) is 0. The van der Waals surface area contributed by atoms with Crippen molar-refractivity contribution in [1.29, 1.82) is 0 Å². The summed E-state index contributed by atoms with van der Waals surface area (Å²) in [7, 11) is 0. The average Bonchev–Trinajstić information content (AvgIpc) is 2.77. The van der Waals surface area contributed by atoms with Gasteiger partial charge in [0.15, 0.2) is 0 Å². The summed E-state index contributed by atoms with van der Waals surface area (Å²) in [6.07, 6.45) is 10.0. The molecule has 0 radical (unpaired) electrons. The van der Waals surface area contributed by atoms with E-state index in [1.54, 1.807) is 4.88 Å². The highest BCUT2D eigenvalue weighted by molar-refractivity contribution is 7.11. The minimum Gasteiger partial charge on any atom is -0.297 e. The second-order valence-electron chi connectivity index (χ2n) is 5.92. The Hall–Kier alpha value is -0.410. The number of hydrogen-bond acceptors (Lipinski definition) is 3. The zero-order chi connectivity index (χ0) is 12.4. The number of aromatic nitrogens is 1. The van der Waals surface area contributed by atoms with E-state index in [-0.39, 0.29) is 0 Å². The number of aryl methyl sites for hydroxylation is 1. The van der Waals surface area contributed by atoms with Crippen LogP contribution in [0.25, 0.3) is 0 Å². The van der Waals surface area contributed by atoms with Gasteiger partial charge in [-0.1, -0.05) is 32.1 Å². The van der Waals surface area contributed by atoms with Crippen molar-refractivity contribution in [2.75, 3.05) is 13.1 Å². The maximum atomic E-state index is 4.67. The van der Waals surface area contributed by atoms with Crippen LogP contribution in [-0.2, 0) is 13.0 Å². The molecule has 0 aromatic carbocycles. The smallest absolute Gasteiger partial charge is 0.0900 e. The van der Waals surface area contributed by atoms with Crippen LogP contribution in [0.4, 0.5) is 0 Å². The highest BCUT2D eigenvalue weighted by atomic mass is 32.1. The van der Waals surface area contributed by atoms with E-state index >= 15 is 0 Å². The van der Waals surface area contributed by atoms with Crippen molar-refractivity contribution >= 4 is 11.3 Å². The molecule has 0 unspecified atom stereocenters. The van der Waals surface area contributed by atoms with E-state index in [0.29, 0.717) is 0 Å². The number of nitrogens with zero attached hydrogens (tertiary/aromatic N) is 2. The fourth-order valence-electron chi connectivity index (χ4n) is 3.41. The molecule has 3 rings (SSSR count). The predicted octanol–water partition coefficient (Wildman–Crippen LogP) is 3.78. The van der Waals surface area contributed by atoms with Crippen LogP contribution in [0.3, 0.4) is 0 Å². The molecular formula is C15H24N2S. The predicted molar refractivity (Wildman–Crippen MR) is 77.0 cm³/mol. The third-order valence-corrected chi connectivity index (χ3v) is 5.56. The van der Waals surface area contributed by atoms with Crippen LogP contribution < -0.4 is 0 Å². The highest BCUT2D eigenvalue weighted by Crippen LogP contribution is 2.28. The minimum absolute atomic E-state index is 1.01. The summed E-state index contributed by atoms with van der Waals surface area (Å²) in [6.45, 7) is 5.78. The molecule has 2 nitrogen and oxygen atoms in total. The molecular weight excluding hydrogens is 240 g/mol. The van der Waals surface area contributed by atoms with E-state index in [0.717, 1.165) is 12.5 Å². The Morgan fingerprint density at radius 1 is 1.28 bits per heavy atom. The quantitative estimate of drug-likeness (QED) is 0.826. The van der Waals surface area contributed by atoms with Crippen LogP contribution >= 0.6 is 11.3 Å². The molecule has 1 aliphatic heterocycles. The monoisotopic (exact) mass is 264 g/mol. The molecule has 18 heavy (non-hydrogen) atoms. The molecule has 0 saturated heterocycles. The van der Waals surface area contributed by atoms with Gasteiger partial charge < -0.3 is 0 Å². The number of thiazole rings is 1. The molecule has 0 amide bonds. The molecule has 1 aliphatic carbocycles. The third kappa shape index (κ3) is 2.94. The first-order chi connectivity index (χ1) is 8.81. The highest BCUT2D eigenvalue weighted by Gasteiger charge is 2.21. The van der Waals surface area contributed by atoms with E-state index in [9.17, 15) is 0 Å². The second kappa shape index (κ2) is 5.70. The summed E-state index contributed by atoms with van der Waals surface area (Å²) in [5.74, 6) is 1.01. The molecule has 3 heteroatoms. The van der Waals surface area contributed by atoms with Crippen molar-refractivity contribution < 1.29 is 0 Å². The molecule has 2 heterocycles. The van der Waals surface area contributed by atoms with Crippen molar-refractivity contribution in [3.63, 3.8) is 0 Å². The number of hydrogen-bond donors (Lipinski definition) is 0. The van der Waals surface area contributed by atoms with Crippen molar-refractivity contribution in [2.24, 2.45) is 5.92 Å². The van der Waals surface area contributed by atoms with Crippen molar-refractivity contribution in [3.05, 3.63) is 15.6 Å². The van der Waals surface area contributed by atoms with Gasteiger partial charge in [-0.05, 0) is 32.2 Å². The van der Waals surface area contributed by atoms with Gasteiger partial charge in [0.2, 0.25) is 0 Å². The van der Waals surface area contributed by atoms with Crippen molar-refractivity contribution in [2.45, 2.75) is 58.4 Å². The lowest BCUT2D eigenvalue weighted by molar-refractivity contribution is 0.216. The lowest BCUT2D eigenvalue weighted by Gasteiger charge is -2.29. The van der Waals surface area contributed by atoms with Gasteiger partial charge in [-0.3, -0.25) is 4.90 Å². The Labute approximate surface area is 114 Å². The molecule has 2 aliphatic rings. The van der Waals surface area contributed by atoms with Gasteiger partial charge in [-0.25, -0.2) is 4.98 Å². The van der Waals surface area contributed by atoms with Crippen LogP contribution in [0.15, 0.2) is 0 Å². The lowest BCUT2D eigenvalue weighted by Crippen LogP contribution is -2.32.